The van der Waals surface area contributed by atoms with E-state index >= 15 is 0 Å². The number of amides is 3. The van der Waals surface area contributed by atoms with Crippen LogP contribution in [0.2, 0.25) is 0 Å². The summed E-state index contributed by atoms with van der Waals surface area (Å²) in [5.41, 5.74) is 2.05. The SMILES string of the molecule is CC(C)Oc1ccc(N2C(=O)C3C=[NH+]c4ccccc4N3C2=O)cc1. The van der Waals surface area contributed by atoms with Gasteiger partial charge in [0.1, 0.15) is 11.4 Å². The van der Waals surface area contributed by atoms with E-state index in [1.807, 2.05) is 38.1 Å². The molecule has 1 atom stereocenters. The van der Waals surface area contributed by atoms with Gasteiger partial charge in [0.2, 0.25) is 5.69 Å². The van der Waals surface area contributed by atoms with E-state index in [4.69, 9.17) is 4.74 Å². The quantitative estimate of drug-likeness (QED) is 0.866. The Bertz CT molecular complexity index is 874. The van der Waals surface area contributed by atoms with Crippen LogP contribution < -0.4 is 19.5 Å². The predicted molar refractivity (Wildman–Crippen MR) is 94.5 cm³/mol. The minimum Gasteiger partial charge on any atom is -0.491 e. The van der Waals surface area contributed by atoms with Gasteiger partial charge < -0.3 is 4.74 Å². The number of nitrogens with one attached hydrogen (secondary N) is 1. The Labute approximate surface area is 145 Å². The second-order valence-corrected chi connectivity index (χ2v) is 6.26. The molecule has 0 radical (unpaired) electrons. The van der Waals surface area contributed by atoms with Gasteiger partial charge in [0.25, 0.3) is 5.91 Å². The zero-order valence-electron chi connectivity index (χ0n) is 14.0. The van der Waals surface area contributed by atoms with Crippen molar-refractivity contribution in [1.82, 2.24) is 0 Å². The van der Waals surface area contributed by atoms with Crippen LogP contribution in [0.15, 0.2) is 48.5 Å². The number of carbonyl (C=O) groups is 2. The molecule has 1 unspecified atom stereocenters. The van der Waals surface area contributed by atoms with Gasteiger partial charge in [-0.05, 0) is 44.2 Å². The Morgan fingerprint density at radius 2 is 1.76 bits per heavy atom. The first-order valence-electron chi connectivity index (χ1n) is 8.19. The minimum atomic E-state index is -0.644. The van der Waals surface area contributed by atoms with Gasteiger partial charge in [-0.1, -0.05) is 12.1 Å². The lowest BCUT2D eigenvalue weighted by Crippen LogP contribution is -2.69. The molecular weight excluding hydrogens is 318 g/mol. The summed E-state index contributed by atoms with van der Waals surface area (Å²) in [5.74, 6) is 0.429. The van der Waals surface area contributed by atoms with Crippen LogP contribution in [-0.2, 0) is 4.79 Å². The second kappa shape index (κ2) is 5.73. The summed E-state index contributed by atoms with van der Waals surface area (Å²) < 4.78 is 5.61. The molecule has 0 spiro atoms. The van der Waals surface area contributed by atoms with Crippen LogP contribution in [0.5, 0.6) is 5.75 Å². The third-order valence-electron chi connectivity index (χ3n) is 4.18. The highest BCUT2D eigenvalue weighted by Gasteiger charge is 2.50. The van der Waals surface area contributed by atoms with Crippen molar-refractivity contribution >= 4 is 35.2 Å². The van der Waals surface area contributed by atoms with Crippen LogP contribution in [0.25, 0.3) is 0 Å². The molecule has 2 heterocycles. The van der Waals surface area contributed by atoms with E-state index < -0.39 is 6.04 Å². The van der Waals surface area contributed by atoms with Crippen molar-refractivity contribution in [3.8, 4) is 5.75 Å². The lowest BCUT2D eigenvalue weighted by molar-refractivity contribution is -0.350. The molecule has 2 aliphatic heterocycles. The van der Waals surface area contributed by atoms with Crippen molar-refractivity contribution in [3.63, 3.8) is 0 Å². The van der Waals surface area contributed by atoms with E-state index in [1.165, 1.54) is 9.80 Å². The highest BCUT2D eigenvalue weighted by atomic mass is 16.5. The van der Waals surface area contributed by atoms with Gasteiger partial charge in [-0.2, -0.15) is 0 Å². The lowest BCUT2D eigenvalue weighted by atomic mass is 10.1. The molecule has 3 amide bonds. The normalized spacial score (nSPS) is 18.6. The van der Waals surface area contributed by atoms with Crippen molar-refractivity contribution in [2.45, 2.75) is 26.0 Å². The van der Waals surface area contributed by atoms with Crippen LogP contribution in [0, 0.1) is 0 Å². The summed E-state index contributed by atoms with van der Waals surface area (Å²) in [4.78, 5) is 31.5. The van der Waals surface area contributed by atoms with E-state index in [1.54, 1.807) is 30.5 Å². The smallest absolute Gasteiger partial charge is 0.337 e. The van der Waals surface area contributed by atoms with Crippen LogP contribution in [0.1, 0.15) is 13.8 Å². The summed E-state index contributed by atoms with van der Waals surface area (Å²) in [6.07, 6.45) is 1.71. The molecule has 6 heteroatoms. The average Bonchev–Trinajstić information content (AvgIpc) is 2.86. The van der Waals surface area contributed by atoms with Gasteiger partial charge in [-0.25, -0.2) is 14.7 Å². The molecule has 1 N–H and O–H groups in total. The Hall–Kier alpha value is -3.15. The molecule has 126 valence electrons. The fourth-order valence-corrected chi connectivity index (χ4v) is 3.12. The Morgan fingerprint density at radius 1 is 1.04 bits per heavy atom. The van der Waals surface area contributed by atoms with Crippen molar-refractivity contribution in [2.24, 2.45) is 0 Å². The van der Waals surface area contributed by atoms with E-state index in [2.05, 4.69) is 4.99 Å². The first kappa shape index (κ1) is 15.4. The highest BCUT2D eigenvalue weighted by Crippen LogP contribution is 2.33. The molecule has 1 fully saturated rings. The fourth-order valence-electron chi connectivity index (χ4n) is 3.12. The molecule has 2 aliphatic rings. The number of ether oxygens (including phenoxy) is 1. The first-order chi connectivity index (χ1) is 12.1. The van der Waals surface area contributed by atoms with Gasteiger partial charge in [0.15, 0.2) is 12.3 Å². The number of rotatable bonds is 3. The number of carbonyl (C=O) groups excluding carboxylic acids is 2. The summed E-state index contributed by atoms with van der Waals surface area (Å²) in [6, 6.07) is 13.4. The largest absolute Gasteiger partial charge is 0.491 e. The number of imide groups is 1. The lowest BCUT2D eigenvalue weighted by Gasteiger charge is -2.20. The van der Waals surface area contributed by atoms with Crippen LogP contribution >= 0.6 is 0 Å². The number of para-hydroxylation sites is 2. The molecule has 0 bridgehead atoms. The average molecular weight is 336 g/mol. The number of urea groups is 1. The third kappa shape index (κ3) is 2.46. The van der Waals surface area contributed by atoms with Gasteiger partial charge in [-0.15, -0.1) is 0 Å². The molecule has 2 aromatic carbocycles. The number of fused-ring (bicyclic) bond motifs is 3. The molecule has 1 saturated heterocycles. The fraction of sp³-hybridized carbons (Fsp3) is 0.211. The Kier molecular flexibility index (Phi) is 3.53. The van der Waals surface area contributed by atoms with E-state index in [0.717, 1.165) is 5.69 Å². The molecule has 2 aromatic rings. The molecule has 4 rings (SSSR count). The minimum absolute atomic E-state index is 0.0621. The summed E-state index contributed by atoms with van der Waals surface area (Å²) in [5, 5.41) is 0. The second-order valence-electron chi connectivity index (χ2n) is 6.26. The number of hydrogen-bond acceptors (Lipinski definition) is 3. The predicted octanol–water partition coefficient (Wildman–Crippen LogP) is 1.61. The van der Waals surface area contributed by atoms with E-state index in [0.29, 0.717) is 17.1 Å². The molecule has 0 aliphatic carbocycles. The topological polar surface area (TPSA) is 63.8 Å². The molecule has 25 heavy (non-hydrogen) atoms. The highest BCUT2D eigenvalue weighted by molar-refractivity contribution is 6.33. The molecule has 0 saturated carbocycles. The monoisotopic (exact) mass is 336 g/mol. The van der Waals surface area contributed by atoms with Crippen molar-refractivity contribution in [2.75, 3.05) is 9.80 Å². The molecular formula is C19H18N3O3+. The molecule has 6 nitrogen and oxygen atoms in total. The van der Waals surface area contributed by atoms with Crippen LogP contribution in [-0.4, -0.2) is 30.3 Å². The van der Waals surface area contributed by atoms with E-state index in [9.17, 15) is 9.59 Å². The zero-order valence-corrected chi connectivity index (χ0v) is 14.0. The number of nitrogens with zero attached hydrogens (tertiary/aromatic N) is 2. The van der Waals surface area contributed by atoms with Gasteiger partial charge in [0, 0.05) is 6.07 Å². The van der Waals surface area contributed by atoms with Crippen LogP contribution in [0.3, 0.4) is 0 Å². The Morgan fingerprint density at radius 3 is 2.48 bits per heavy atom. The Balaban J connectivity index is 1.68. The van der Waals surface area contributed by atoms with Crippen LogP contribution in [0.4, 0.5) is 21.9 Å². The zero-order chi connectivity index (χ0) is 17.6. The van der Waals surface area contributed by atoms with Crippen molar-refractivity contribution in [1.29, 1.82) is 0 Å². The number of anilines is 2. The number of hydrogen-bond donors (Lipinski definition) is 1. The van der Waals surface area contributed by atoms with Gasteiger partial charge >= 0.3 is 6.03 Å². The maximum atomic E-state index is 12.9. The van der Waals surface area contributed by atoms with Gasteiger partial charge in [-0.3, -0.25) is 9.69 Å². The summed E-state index contributed by atoms with van der Waals surface area (Å²) >= 11 is 0. The summed E-state index contributed by atoms with van der Waals surface area (Å²) in [6.45, 7) is 3.89. The third-order valence-corrected chi connectivity index (χ3v) is 4.18. The van der Waals surface area contributed by atoms with Gasteiger partial charge in [0.05, 0.1) is 11.8 Å². The van der Waals surface area contributed by atoms with E-state index in [-0.39, 0.29) is 18.0 Å². The van der Waals surface area contributed by atoms with Crippen molar-refractivity contribution < 1.29 is 19.3 Å². The number of benzene rings is 2. The maximum Gasteiger partial charge on any atom is 0.337 e. The van der Waals surface area contributed by atoms with Crippen molar-refractivity contribution in [3.05, 3.63) is 48.5 Å². The first-order valence-corrected chi connectivity index (χ1v) is 8.19. The summed E-state index contributed by atoms with van der Waals surface area (Å²) in [7, 11) is 0. The molecule has 0 aromatic heterocycles. The maximum absolute atomic E-state index is 12.9. The standard InChI is InChI=1S/C19H17N3O3/c1-12(2)25-14-9-7-13(8-10-14)21-18(23)17-11-20-15-5-3-4-6-16(15)22(17)19(21)24/h3-12,17H,1-2H3/p+1.